The van der Waals surface area contributed by atoms with Crippen LogP contribution in [-0.2, 0) is 4.74 Å². The standard InChI is InChI=1S/C31H37N3O4S/c1-2-3-5-21-37-31(35)38-30-13-11-24-10-12-25(23-27(24)32-30)36-20-6-4-15-33-16-18-34(19-17-33)28-8-7-9-29-26(28)14-22-39-29/h7-14,22-23H,2-6,15-21H2,1H3. The van der Waals surface area contributed by atoms with Crippen LogP contribution in [0.2, 0.25) is 0 Å². The maximum Gasteiger partial charge on any atom is 0.515 e. The number of carbonyl (C=O) groups excluding carboxylic acids is 1. The molecule has 8 heteroatoms. The van der Waals surface area contributed by atoms with Crippen molar-refractivity contribution in [2.75, 3.05) is 50.8 Å². The molecule has 5 rings (SSSR count). The first-order valence-corrected chi connectivity index (χ1v) is 14.9. The van der Waals surface area contributed by atoms with Gasteiger partial charge in [-0.1, -0.05) is 25.8 Å². The summed E-state index contributed by atoms with van der Waals surface area (Å²) >= 11 is 1.81. The van der Waals surface area contributed by atoms with Gasteiger partial charge in [0.05, 0.1) is 18.7 Å². The Balaban J connectivity index is 1.02. The average molecular weight is 548 g/mol. The normalized spacial score (nSPS) is 14.1. The number of carbonyl (C=O) groups is 1. The fraction of sp³-hybridized carbons (Fsp3) is 0.419. The lowest BCUT2D eigenvalue weighted by Gasteiger charge is -2.36. The van der Waals surface area contributed by atoms with Gasteiger partial charge in [-0.15, -0.1) is 11.3 Å². The smallest absolute Gasteiger partial charge is 0.494 e. The number of hydrogen-bond donors (Lipinski definition) is 0. The number of aromatic nitrogens is 1. The van der Waals surface area contributed by atoms with E-state index >= 15 is 0 Å². The molecule has 0 radical (unpaired) electrons. The molecule has 0 spiro atoms. The van der Waals surface area contributed by atoms with Crippen LogP contribution in [0.25, 0.3) is 21.0 Å². The predicted octanol–water partition coefficient (Wildman–Crippen LogP) is 7.14. The van der Waals surface area contributed by atoms with Crippen molar-refractivity contribution in [1.82, 2.24) is 9.88 Å². The molecule has 39 heavy (non-hydrogen) atoms. The SMILES string of the molecule is CCCCCOC(=O)Oc1ccc2ccc(OCCCCN3CCN(c4cccc5sccc45)CC3)cc2n1. The zero-order chi connectivity index (χ0) is 26.9. The molecular formula is C31H37N3O4S. The fourth-order valence-electron chi connectivity index (χ4n) is 4.94. The maximum atomic E-state index is 11.9. The van der Waals surface area contributed by atoms with Crippen molar-refractivity contribution in [3.63, 3.8) is 0 Å². The van der Waals surface area contributed by atoms with E-state index in [4.69, 9.17) is 14.2 Å². The third-order valence-corrected chi connectivity index (χ3v) is 8.00. The summed E-state index contributed by atoms with van der Waals surface area (Å²) in [6, 6.07) is 18.3. The largest absolute Gasteiger partial charge is 0.515 e. The van der Waals surface area contributed by atoms with Crippen LogP contribution in [0, 0.1) is 0 Å². The van der Waals surface area contributed by atoms with Gasteiger partial charge in [0.25, 0.3) is 0 Å². The van der Waals surface area contributed by atoms with Crippen LogP contribution in [0.5, 0.6) is 11.6 Å². The van der Waals surface area contributed by atoms with Gasteiger partial charge in [-0.2, -0.15) is 0 Å². The lowest BCUT2D eigenvalue weighted by molar-refractivity contribution is 0.0960. The molecule has 0 atom stereocenters. The van der Waals surface area contributed by atoms with Gasteiger partial charge in [0.2, 0.25) is 5.88 Å². The summed E-state index contributed by atoms with van der Waals surface area (Å²) in [5.74, 6) is 0.998. The second-order valence-electron chi connectivity index (χ2n) is 9.91. The zero-order valence-electron chi connectivity index (χ0n) is 22.6. The summed E-state index contributed by atoms with van der Waals surface area (Å²) < 4.78 is 17.7. The molecule has 0 saturated carbocycles. The number of benzene rings is 2. The lowest BCUT2D eigenvalue weighted by Crippen LogP contribution is -2.46. The summed E-state index contributed by atoms with van der Waals surface area (Å²) in [6.45, 7) is 8.53. The van der Waals surface area contributed by atoms with Crippen molar-refractivity contribution in [3.8, 4) is 11.6 Å². The number of unbranched alkanes of at least 4 members (excludes halogenated alkanes) is 3. The average Bonchev–Trinajstić information content (AvgIpc) is 3.45. The Hall–Kier alpha value is -3.36. The molecule has 0 amide bonds. The zero-order valence-corrected chi connectivity index (χ0v) is 23.5. The molecule has 1 saturated heterocycles. The van der Waals surface area contributed by atoms with Crippen molar-refractivity contribution in [2.45, 2.75) is 39.0 Å². The first-order chi connectivity index (χ1) is 19.2. The molecule has 7 nitrogen and oxygen atoms in total. The molecule has 1 aliphatic heterocycles. The quantitative estimate of drug-likeness (QED) is 0.138. The Bertz CT molecular complexity index is 1370. The number of ether oxygens (including phenoxy) is 3. The third kappa shape index (κ3) is 7.40. The second-order valence-corrected chi connectivity index (χ2v) is 10.9. The van der Waals surface area contributed by atoms with E-state index < -0.39 is 6.16 Å². The Morgan fingerprint density at radius 1 is 0.949 bits per heavy atom. The van der Waals surface area contributed by atoms with Crippen molar-refractivity contribution >= 4 is 44.2 Å². The number of hydrogen-bond acceptors (Lipinski definition) is 8. The second kappa shape index (κ2) is 13.6. The van der Waals surface area contributed by atoms with Crippen LogP contribution in [-0.4, -0.2) is 62.0 Å². The van der Waals surface area contributed by atoms with Crippen LogP contribution in [0.3, 0.4) is 0 Å². The van der Waals surface area contributed by atoms with Crippen LogP contribution in [0.15, 0.2) is 60.0 Å². The Morgan fingerprint density at radius 2 is 1.79 bits per heavy atom. The number of piperazine rings is 1. The molecule has 1 aliphatic rings. The van der Waals surface area contributed by atoms with Gasteiger partial charge < -0.3 is 19.1 Å². The number of pyridine rings is 1. The van der Waals surface area contributed by atoms with E-state index in [2.05, 4.69) is 51.4 Å². The first kappa shape index (κ1) is 27.2. The van der Waals surface area contributed by atoms with E-state index in [9.17, 15) is 4.79 Å². The van der Waals surface area contributed by atoms with Crippen molar-refractivity contribution in [2.24, 2.45) is 0 Å². The third-order valence-electron chi connectivity index (χ3n) is 7.12. The molecule has 2 aromatic carbocycles. The van der Waals surface area contributed by atoms with E-state index in [1.165, 1.54) is 15.8 Å². The summed E-state index contributed by atoms with van der Waals surface area (Å²) in [5, 5.41) is 4.52. The maximum absolute atomic E-state index is 11.9. The Labute approximate surface area is 234 Å². The van der Waals surface area contributed by atoms with E-state index in [0.717, 1.165) is 81.5 Å². The lowest BCUT2D eigenvalue weighted by atomic mass is 10.2. The molecule has 0 bridgehead atoms. The molecule has 1 fully saturated rings. The van der Waals surface area contributed by atoms with Crippen LogP contribution < -0.4 is 14.4 Å². The monoisotopic (exact) mass is 547 g/mol. The minimum absolute atomic E-state index is 0.229. The van der Waals surface area contributed by atoms with Crippen LogP contribution in [0.1, 0.15) is 39.0 Å². The van der Waals surface area contributed by atoms with Gasteiger partial charge in [0, 0.05) is 59.5 Å². The summed E-state index contributed by atoms with van der Waals surface area (Å²) in [7, 11) is 0. The van der Waals surface area contributed by atoms with E-state index in [1.807, 2.05) is 35.6 Å². The van der Waals surface area contributed by atoms with Gasteiger partial charge in [-0.25, -0.2) is 9.78 Å². The highest BCUT2D eigenvalue weighted by Crippen LogP contribution is 2.31. The van der Waals surface area contributed by atoms with Gasteiger partial charge in [0.15, 0.2) is 0 Å². The van der Waals surface area contributed by atoms with Crippen molar-refractivity contribution < 1.29 is 19.0 Å². The molecule has 3 heterocycles. The first-order valence-electron chi connectivity index (χ1n) is 14.0. The number of fused-ring (bicyclic) bond motifs is 2. The van der Waals surface area contributed by atoms with E-state index in [-0.39, 0.29) is 5.88 Å². The van der Waals surface area contributed by atoms with Crippen LogP contribution in [0.4, 0.5) is 10.5 Å². The molecule has 206 valence electrons. The molecule has 0 unspecified atom stereocenters. The van der Waals surface area contributed by atoms with Crippen LogP contribution >= 0.6 is 11.3 Å². The molecule has 0 aliphatic carbocycles. The summed E-state index contributed by atoms with van der Waals surface area (Å²) in [6.07, 6.45) is 4.31. The van der Waals surface area contributed by atoms with Crippen molar-refractivity contribution in [3.05, 3.63) is 60.0 Å². The van der Waals surface area contributed by atoms with Gasteiger partial charge >= 0.3 is 6.16 Å². The van der Waals surface area contributed by atoms with Gasteiger partial charge in [0.1, 0.15) is 5.75 Å². The topological polar surface area (TPSA) is 64.1 Å². The predicted molar refractivity (Wildman–Crippen MR) is 158 cm³/mol. The highest BCUT2D eigenvalue weighted by molar-refractivity contribution is 7.17. The molecule has 2 aromatic heterocycles. The Kier molecular flexibility index (Phi) is 9.51. The number of nitrogens with zero attached hydrogens (tertiary/aromatic N) is 3. The number of rotatable bonds is 12. The summed E-state index contributed by atoms with van der Waals surface area (Å²) in [4.78, 5) is 21.4. The summed E-state index contributed by atoms with van der Waals surface area (Å²) in [5.41, 5.74) is 2.09. The molecule has 0 N–H and O–H groups in total. The number of anilines is 1. The Morgan fingerprint density at radius 3 is 2.67 bits per heavy atom. The van der Waals surface area contributed by atoms with Crippen molar-refractivity contribution in [1.29, 1.82) is 0 Å². The minimum Gasteiger partial charge on any atom is -0.494 e. The minimum atomic E-state index is -0.716. The van der Waals surface area contributed by atoms with Gasteiger partial charge in [-0.3, -0.25) is 4.90 Å². The van der Waals surface area contributed by atoms with Gasteiger partial charge in [-0.05, 0) is 67.6 Å². The fourth-order valence-corrected chi connectivity index (χ4v) is 5.75. The van der Waals surface area contributed by atoms with E-state index in [0.29, 0.717) is 13.2 Å². The highest BCUT2D eigenvalue weighted by atomic mass is 32.1. The molecule has 4 aromatic rings. The number of thiophene rings is 1. The highest BCUT2D eigenvalue weighted by Gasteiger charge is 2.18. The molecular weight excluding hydrogens is 510 g/mol. The van der Waals surface area contributed by atoms with E-state index in [1.54, 1.807) is 6.07 Å².